The first kappa shape index (κ1) is 7.82. The Hall–Kier alpha value is -0.280. The summed E-state index contributed by atoms with van der Waals surface area (Å²) in [6, 6.07) is 0. The third kappa shape index (κ3) is 1.61. The number of carboxylic acid groups (broad SMARTS) is 1. The second-order valence-electron chi connectivity index (χ2n) is 2.36. The Balaban J connectivity index is 2.39. The molecule has 4 heteroatoms. The molecule has 1 aliphatic heterocycles. The van der Waals surface area contributed by atoms with Crippen molar-refractivity contribution in [3.63, 3.8) is 0 Å². The highest BCUT2D eigenvalue weighted by Crippen LogP contribution is 2.20. The van der Waals surface area contributed by atoms with Crippen LogP contribution >= 0.6 is 11.6 Å². The van der Waals surface area contributed by atoms with Crippen molar-refractivity contribution in [2.75, 3.05) is 13.2 Å². The van der Waals surface area contributed by atoms with Gasteiger partial charge in [-0.1, -0.05) is 0 Å². The first-order valence-electron chi connectivity index (χ1n) is 3.16. The number of alkyl halides is 1. The largest absolute Gasteiger partial charge is 0.480 e. The molecule has 1 saturated heterocycles. The monoisotopic (exact) mass is 164 g/mol. The van der Waals surface area contributed by atoms with E-state index in [2.05, 4.69) is 0 Å². The molecule has 1 aliphatic rings. The summed E-state index contributed by atoms with van der Waals surface area (Å²) in [5.41, 5.74) is 0. The summed E-state index contributed by atoms with van der Waals surface area (Å²) in [5, 5.41) is 7.68. The molecule has 2 unspecified atom stereocenters. The van der Waals surface area contributed by atoms with Gasteiger partial charge in [0.25, 0.3) is 0 Å². The van der Waals surface area contributed by atoms with E-state index in [-0.39, 0.29) is 5.92 Å². The van der Waals surface area contributed by atoms with Gasteiger partial charge >= 0.3 is 5.97 Å². The van der Waals surface area contributed by atoms with Gasteiger partial charge in [-0.15, -0.1) is 11.6 Å². The van der Waals surface area contributed by atoms with Gasteiger partial charge in [0, 0.05) is 12.5 Å². The highest BCUT2D eigenvalue weighted by atomic mass is 35.5. The van der Waals surface area contributed by atoms with Crippen molar-refractivity contribution in [1.82, 2.24) is 0 Å². The maximum atomic E-state index is 10.3. The SMILES string of the molecule is O=C(O)C(Cl)C1CCOC1. The highest BCUT2D eigenvalue weighted by molar-refractivity contribution is 6.29. The number of halogens is 1. The summed E-state index contributed by atoms with van der Waals surface area (Å²) < 4.78 is 4.98. The smallest absolute Gasteiger partial charge is 0.321 e. The van der Waals surface area contributed by atoms with E-state index in [1.54, 1.807) is 0 Å². The van der Waals surface area contributed by atoms with Crippen molar-refractivity contribution in [1.29, 1.82) is 0 Å². The van der Waals surface area contributed by atoms with Crippen molar-refractivity contribution in [2.45, 2.75) is 11.8 Å². The molecule has 0 aromatic carbocycles. The number of carbonyl (C=O) groups is 1. The van der Waals surface area contributed by atoms with Gasteiger partial charge in [-0.05, 0) is 6.42 Å². The van der Waals surface area contributed by atoms with E-state index in [0.717, 1.165) is 6.42 Å². The lowest BCUT2D eigenvalue weighted by atomic mass is 10.1. The van der Waals surface area contributed by atoms with Gasteiger partial charge in [0.05, 0.1) is 6.61 Å². The zero-order valence-electron chi connectivity index (χ0n) is 5.42. The summed E-state index contributed by atoms with van der Waals surface area (Å²) in [6.07, 6.45) is 0.764. The molecule has 0 aromatic rings. The average molecular weight is 165 g/mol. The molecule has 1 N–H and O–H groups in total. The zero-order chi connectivity index (χ0) is 7.56. The van der Waals surface area contributed by atoms with E-state index in [0.29, 0.717) is 13.2 Å². The number of rotatable bonds is 2. The second kappa shape index (κ2) is 3.21. The molecule has 1 fully saturated rings. The summed E-state index contributed by atoms with van der Waals surface area (Å²) in [6.45, 7) is 1.13. The minimum absolute atomic E-state index is 0.000772. The van der Waals surface area contributed by atoms with Crippen LogP contribution in [-0.2, 0) is 9.53 Å². The number of hydrogen-bond acceptors (Lipinski definition) is 2. The van der Waals surface area contributed by atoms with Gasteiger partial charge < -0.3 is 9.84 Å². The summed E-state index contributed by atoms with van der Waals surface area (Å²) in [7, 11) is 0. The molecule has 10 heavy (non-hydrogen) atoms. The van der Waals surface area contributed by atoms with E-state index < -0.39 is 11.3 Å². The number of carboxylic acids is 1. The molecular formula is C6H9ClO3. The minimum Gasteiger partial charge on any atom is -0.480 e. The van der Waals surface area contributed by atoms with Crippen LogP contribution in [0.1, 0.15) is 6.42 Å². The van der Waals surface area contributed by atoms with Crippen LogP contribution in [0.4, 0.5) is 0 Å². The fourth-order valence-electron chi connectivity index (χ4n) is 0.985. The van der Waals surface area contributed by atoms with Crippen LogP contribution < -0.4 is 0 Å². The van der Waals surface area contributed by atoms with Crippen molar-refractivity contribution in [2.24, 2.45) is 5.92 Å². The van der Waals surface area contributed by atoms with Crippen molar-refractivity contribution < 1.29 is 14.6 Å². The zero-order valence-corrected chi connectivity index (χ0v) is 6.17. The summed E-state index contributed by atoms with van der Waals surface area (Å²) in [4.78, 5) is 10.3. The molecule has 0 amide bonds. The summed E-state index contributed by atoms with van der Waals surface area (Å²) >= 11 is 5.54. The summed E-state index contributed by atoms with van der Waals surface area (Å²) in [5.74, 6) is -0.948. The fourth-order valence-corrected chi connectivity index (χ4v) is 1.18. The molecule has 0 radical (unpaired) electrons. The Morgan fingerprint density at radius 3 is 2.90 bits per heavy atom. The standard InChI is InChI=1S/C6H9ClO3/c7-5(6(8)9)4-1-2-10-3-4/h4-5H,1-3H2,(H,8,9). The van der Waals surface area contributed by atoms with E-state index in [9.17, 15) is 4.79 Å². The van der Waals surface area contributed by atoms with Gasteiger partial charge in [0.15, 0.2) is 0 Å². The third-order valence-electron chi connectivity index (χ3n) is 1.61. The minimum atomic E-state index is -0.947. The molecule has 0 aliphatic carbocycles. The predicted molar refractivity (Wildman–Crippen MR) is 36.2 cm³/mol. The Labute approximate surface area is 63.9 Å². The number of aliphatic carboxylic acids is 1. The maximum Gasteiger partial charge on any atom is 0.321 e. The Bertz CT molecular complexity index is 131. The molecule has 0 spiro atoms. The van der Waals surface area contributed by atoms with E-state index in [4.69, 9.17) is 21.4 Å². The van der Waals surface area contributed by atoms with Gasteiger partial charge in [-0.2, -0.15) is 0 Å². The van der Waals surface area contributed by atoms with Gasteiger partial charge in [0.2, 0.25) is 0 Å². The number of hydrogen-bond donors (Lipinski definition) is 1. The van der Waals surface area contributed by atoms with Crippen molar-refractivity contribution >= 4 is 17.6 Å². The lowest BCUT2D eigenvalue weighted by Gasteiger charge is -2.08. The Morgan fingerprint density at radius 2 is 2.50 bits per heavy atom. The van der Waals surface area contributed by atoms with Crippen LogP contribution in [0.2, 0.25) is 0 Å². The van der Waals surface area contributed by atoms with E-state index >= 15 is 0 Å². The molecule has 0 aromatic heterocycles. The lowest BCUT2D eigenvalue weighted by molar-refractivity contribution is -0.137. The van der Waals surface area contributed by atoms with Crippen LogP contribution in [-0.4, -0.2) is 29.7 Å². The van der Waals surface area contributed by atoms with E-state index in [1.807, 2.05) is 0 Å². The molecular weight excluding hydrogens is 156 g/mol. The first-order chi connectivity index (χ1) is 4.72. The topological polar surface area (TPSA) is 46.5 Å². The van der Waals surface area contributed by atoms with Gasteiger partial charge in [-0.3, -0.25) is 4.79 Å². The maximum absolute atomic E-state index is 10.3. The molecule has 0 bridgehead atoms. The molecule has 1 heterocycles. The van der Waals surface area contributed by atoms with Crippen molar-refractivity contribution in [3.8, 4) is 0 Å². The van der Waals surface area contributed by atoms with Crippen LogP contribution in [0.5, 0.6) is 0 Å². The van der Waals surface area contributed by atoms with Crippen LogP contribution in [0.25, 0.3) is 0 Å². The fraction of sp³-hybridized carbons (Fsp3) is 0.833. The second-order valence-corrected chi connectivity index (χ2v) is 2.83. The average Bonchev–Trinajstić information content (AvgIpc) is 2.36. The molecule has 1 rings (SSSR count). The molecule has 58 valence electrons. The van der Waals surface area contributed by atoms with Gasteiger partial charge in [0.1, 0.15) is 5.38 Å². The first-order valence-corrected chi connectivity index (χ1v) is 3.60. The van der Waals surface area contributed by atoms with Crippen LogP contribution in [0, 0.1) is 5.92 Å². The van der Waals surface area contributed by atoms with Crippen LogP contribution in [0.3, 0.4) is 0 Å². The van der Waals surface area contributed by atoms with Crippen molar-refractivity contribution in [3.05, 3.63) is 0 Å². The molecule has 0 saturated carbocycles. The third-order valence-corrected chi connectivity index (χ3v) is 2.16. The quantitative estimate of drug-likeness (QED) is 0.612. The Morgan fingerprint density at radius 1 is 1.80 bits per heavy atom. The van der Waals surface area contributed by atoms with Crippen LogP contribution in [0.15, 0.2) is 0 Å². The number of ether oxygens (including phenoxy) is 1. The molecule has 3 nitrogen and oxygen atoms in total. The lowest BCUT2D eigenvalue weighted by Crippen LogP contribution is -2.24. The van der Waals surface area contributed by atoms with Gasteiger partial charge in [-0.25, -0.2) is 0 Å². The highest BCUT2D eigenvalue weighted by Gasteiger charge is 2.28. The normalized spacial score (nSPS) is 28.3. The van der Waals surface area contributed by atoms with E-state index in [1.165, 1.54) is 0 Å². The Kier molecular flexibility index (Phi) is 2.51. The molecule has 2 atom stereocenters. The predicted octanol–water partition coefficient (Wildman–Crippen LogP) is 0.715.